The third-order valence-corrected chi connectivity index (χ3v) is 5.99. The van der Waals surface area contributed by atoms with Crippen LogP contribution in [0.4, 0.5) is 0 Å². The van der Waals surface area contributed by atoms with E-state index >= 15 is 0 Å². The molecule has 0 heterocycles. The number of rotatable bonds is 5. The van der Waals surface area contributed by atoms with Crippen LogP contribution in [0.2, 0.25) is 10.0 Å². The SMILES string of the molecule is CC(Cc1ccccc1)Cc1cc(-c2cccc(Cl)c2Cl)c2ccccc2c1. The third kappa shape index (κ3) is 4.09. The Balaban J connectivity index is 1.73. The Hall–Kier alpha value is -2.28. The maximum Gasteiger partial charge on any atom is 0.0670 e. The van der Waals surface area contributed by atoms with E-state index in [-0.39, 0.29) is 0 Å². The lowest BCUT2D eigenvalue weighted by Gasteiger charge is -2.16. The molecule has 0 aromatic heterocycles. The number of hydrogen-bond donors (Lipinski definition) is 0. The van der Waals surface area contributed by atoms with Crippen molar-refractivity contribution in [2.45, 2.75) is 19.8 Å². The minimum atomic E-state index is 0.547. The maximum atomic E-state index is 6.56. The van der Waals surface area contributed by atoms with E-state index < -0.39 is 0 Å². The Morgan fingerprint density at radius 1 is 0.679 bits per heavy atom. The van der Waals surface area contributed by atoms with E-state index in [1.54, 1.807) is 0 Å². The number of halogens is 2. The van der Waals surface area contributed by atoms with Crippen LogP contribution in [-0.4, -0.2) is 0 Å². The van der Waals surface area contributed by atoms with Gasteiger partial charge >= 0.3 is 0 Å². The van der Waals surface area contributed by atoms with Crippen LogP contribution in [0.5, 0.6) is 0 Å². The lowest BCUT2D eigenvalue weighted by molar-refractivity contribution is 0.577. The van der Waals surface area contributed by atoms with Gasteiger partial charge < -0.3 is 0 Å². The zero-order valence-corrected chi connectivity index (χ0v) is 17.3. The summed E-state index contributed by atoms with van der Waals surface area (Å²) in [6.45, 7) is 2.31. The second-order valence-electron chi connectivity index (χ2n) is 7.46. The fraction of sp³-hybridized carbons (Fsp3) is 0.154. The molecule has 0 spiro atoms. The molecule has 0 amide bonds. The van der Waals surface area contributed by atoms with E-state index in [9.17, 15) is 0 Å². The molecule has 1 atom stereocenters. The van der Waals surface area contributed by atoms with Crippen molar-refractivity contribution >= 4 is 34.0 Å². The summed E-state index contributed by atoms with van der Waals surface area (Å²) in [5.74, 6) is 0.547. The maximum absolute atomic E-state index is 6.56. The van der Waals surface area contributed by atoms with Crippen LogP contribution in [-0.2, 0) is 12.8 Å². The van der Waals surface area contributed by atoms with Crippen molar-refractivity contribution in [3.63, 3.8) is 0 Å². The van der Waals surface area contributed by atoms with Gasteiger partial charge in [0, 0.05) is 5.56 Å². The van der Waals surface area contributed by atoms with Gasteiger partial charge in [0.15, 0.2) is 0 Å². The van der Waals surface area contributed by atoms with Crippen molar-refractivity contribution in [3.8, 4) is 11.1 Å². The van der Waals surface area contributed by atoms with Gasteiger partial charge in [0.05, 0.1) is 10.0 Å². The van der Waals surface area contributed by atoms with Gasteiger partial charge in [-0.3, -0.25) is 0 Å². The molecule has 0 N–H and O–H groups in total. The monoisotopic (exact) mass is 404 g/mol. The highest BCUT2D eigenvalue weighted by Gasteiger charge is 2.13. The predicted molar refractivity (Wildman–Crippen MR) is 122 cm³/mol. The second kappa shape index (κ2) is 8.39. The van der Waals surface area contributed by atoms with Crippen LogP contribution in [0.1, 0.15) is 18.1 Å². The topological polar surface area (TPSA) is 0 Å². The van der Waals surface area contributed by atoms with Gasteiger partial charge in [-0.15, -0.1) is 0 Å². The molecule has 2 heteroatoms. The highest BCUT2D eigenvalue weighted by atomic mass is 35.5. The molecular formula is C26H22Cl2. The van der Waals surface area contributed by atoms with E-state index in [1.807, 2.05) is 18.2 Å². The van der Waals surface area contributed by atoms with Crippen LogP contribution in [0.3, 0.4) is 0 Å². The standard InChI is InChI=1S/C26H22Cl2/c1-18(14-19-8-3-2-4-9-19)15-20-16-21-10-5-6-11-22(21)24(17-20)23-12-7-13-25(27)26(23)28/h2-13,16-18H,14-15H2,1H3. The minimum Gasteiger partial charge on any atom is -0.0827 e. The Morgan fingerprint density at radius 2 is 1.39 bits per heavy atom. The third-order valence-electron chi connectivity index (χ3n) is 5.17. The van der Waals surface area contributed by atoms with Crippen molar-refractivity contribution in [2.75, 3.05) is 0 Å². The van der Waals surface area contributed by atoms with E-state index in [0.29, 0.717) is 16.0 Å². The van der Waals surface area contributed by atoms with Crippen LogP contribution in [0, 0.1) is 5.92 Å². The fourth-order valence-electron chi connectivity index (χ4n) is 3.92. The first-order chi connectivity index (χ1) is 13.6. The lowest BCUT2D eigenvalue weighted by atomic mass is 9.90. The Morgan fingerprint density at radius 3 is 2.21 bits per heavy atom. The molecule has 28 heavy (non-hydrogen) atoms. The van der Waals surface area contributed by atoms with E-state index in [4.69, 9.17) is 23.2 Å². The Bertz CT molecular complexity index is 1100. The van der Waals surface area contributed by atoms with Crippen molar-refractivity contribution in [1.29, 1.82) is 0 Å². The molecular weight excluding hydrogens is 383 g/mol. The lowest BCUT2D eigenvalue weighted by Crippen LogP contribution is -2.04. The molecule has 0 radical (unpaired) electrons. The molecule has 4 aromatic carbocycles. The minimum absolute atomic E-state index is 0.547. The summed E-state index contributed by atoms with van der Waals surface area (Å²) in [6.07, 6.45) is 2.09. The van der Waals surface area contributed by atoms with Crippen LogP contribution >= 0.6 is 23.2 Å². The average molecular weight is 405 g/mol. The molecule has 1 unspecified atom stereocenters. The number of benzene rings is 4. The normalized spacial score (nSPS) is 12.2. The summed E-state index contributed by atoms with van der Waals surface area (Å²) in [5.41, 5.74) is 4.84. The van der Waals surface area contributed by atoms with E-state index in [0.717, 1.165) is 24.0 Å². The highest BCUT2D eigenvalue weighted by molar-refractivity contribution is 6.44. The summed E-state index contributed by atoms with van der Waals surface area (Å²) in [7, 11) is 0. The largest absolute Gasteiger partial charge is 0.0827 e. The first-order valence-corrected chi connectivity index (χ1v) is 10.4. The van der Waals surface area contributed by atoms with Crippen molar-refractivity contribution in [1.82, 2.24) is 0 Å². The zero-order valence-electron chi connectivity index (χ0n) is 15.8. The van der Waals surface area contributed by atoms with Gasteiger partial charge in [-0.05, 0) is 52.3 Å². The second-order valence-corrected chi connectivity index (χ2v) is 8.25. The highest BCUT2D eigenvalue weighted by Crippen LogP contribution is 2.38. The summed E-state index contributed by atoms with van der Waals surface area (Å²) >= 11 is 12.9. The Labute approximate surface area is 176 Å². The summed E-state index contributed by atoms with van der Waals surface area (Å²) in [4.78, 5) is 0. The van der Waals surface area contributed by atoms with Gasteiger partial charge in [0.1, 0.15) is 0 Å². The summed E-state index contributed by atoms with van der Waals surface area (Å²) < 4.78 is 0. The van der Waals surface area contributed by atoms with Crippen molar-refractivity contribution in [3.05, 3.63) is 106 Å². The first-order valence-electron chi connectivity index (χ1n) is 9.62. The molecule has 140 valence electrons. The van der Waals surface area contributed by atoms with Gasteiger partial charge in [-0.2, -0.15) is 0 Å². The molecule has 0 saturated carbocycles. The van der Waals surface area contributed by atoms with Crippen LogP contribution < -0.4 is 0 Å². The molecule has 0 bridgehead atoms. The molecule has 0 nitrogen and oxygen atoms in total. The van der Waals surface area contributed by atoms with Gasteiger partial charge in [0.25, 0.3) is 0 Å². The molecule has 4 rings (SSSR count). The van der Waals surface area contributed by atoms with E-state index in [2.05, 4.69) is 73.7 Å². The number of hydrogen-bond acceptors (Lipinski definition) is 0. The van der Waals surface area contributed by atoms with Gasteiger partial charge in [-0.1, -0.05) is 109 Å². The van der Waals surface area contributed by atoms with Gasteiger partial charge in [0.2, 0.25) is 0 Å². The summed E-state index contributed by atoms with van der Waals surface area (Å²) in [6, 6.07) is 29.6. The van der Waals surface area contributed by atoms with Crippen molar-refractivity contribution in [2.24, 2.45) is 5.92 Å². The first kappa shape index (κ1) is 19.1. The smallest absolute Gasteiger partial charge is 0.0670 e. The molecule has 0 fully saturated rings. The fourth-order valence-corrected chi connectivity index (χ4v) is 4.32. The molecule has 0 aliphatic heterocycles. The van der Waals surface area contributed by atoms with Crippen LogP contribution in [0.25, 0.3) is 21.9 Å². The molecule has 0 aliphatic rings. The number of fused-ring (bicyclic) bond motifs is 1. The van der Waals surface area contributed by atoms with Gasteiger partial charge in [-0.25, -0.2) is 0 Å². The molecule has 0 aliphatic carbocycles. The van der Waals surface area contributed by atoms with Crippen molar-refractivity contribution < 1.29 is 0 Å². The molecule has 4 aromatic rings. The average Bonchev–Trinajstić information content (AvgIpc) is 2.70. The van der Waals surface area contributed by atoms with Crippen LogP contribution in [0.15, 0.2) is 84.9 Å². The summed E-state index contributed by atoms with van der Waals surface area (Å²) in [5, 5.41) is 3.64. The predicted octanol–water partition coefficient (Wildman–Crippen LogP) is 8.23. The quantitative estimate of drug-likeness (QED) is 0.314. The van der Waals surface area contributed by atoms with E-state index in [1.165, 1.54) is 21.9 Å². The Kier molecular flexibility index (Phi) is 5.71. The zero-order chi connectivity index (χ0) is 19.5. The molecule has 0 saturated heterocycles.